The zero-order chi connectivity index (χ0) is 13.6. The summed E-state index contributed by atoms with van der Waals surface area (Å²) in [4.78, 5) is 0.192. The van der Waals surface area contributed by atoms with Crippen LogP contribution in [0.25, 0.3) is 0 Å². The average Bonchev–Trinajstić information content (AvgIpc) is 2.36. The molecule has 1 aromatic rings. The van der Waals surface area contributed by atoms with Gasteiger partial charge in [0.1, 0.15) is 0 Å². The molecule has 1 aromatic carbocycles. The standard InChI is InChI=1S/C12H16N2O2S2/c1-10(7-8-17-2)14-18(15,16)12-5-3-11(9-13)4-6-12/h3-6,10,14H,7-8H2,1-2H3. The minimum Gasteiger partial charge on any atom is -0.208 e. The van der Waals surface area contributed by atoms with Crippen molar-refractivity contribution in [3.8, 4) is 6.07 Å². The van der Waals surface area contributed by atoms with Crippen molar-refractivity contribution in [1.82, 2.24) is 4.72 Å². The molecule has 0 bridgehead atoms. The first kappa shape index (κ1) is 15.0. The number of nitriles is 1. The molecule has 0 radical (unpaired) electrons. The van der Waals surface area contributed by atoms with Gasteiger partial charge in [0.25, 0.3) is 0 Å². The molecule has 1 rings (SSSR count). The smallest absolute Gasteiger partial charge is 0.208 e. The molecule has 0 saturated heterocycles. The van der Waals surface area contributed by atoms with Crippen LogP contribution in [0, 0.1) is 11.3 Å². The van der Waals surface area contributed by atoms with Crippen LogP contribution in [0.4, 0.5) is 0 Å². The number of hydrogen-bond acceptors (Lipinski definition) is 4. The maximum absolute atomic E-state index is 12.0. The fraction of sp³-hybridized carbons (Fsp3) is 0.417. The van der Waals surface area contributed by atoms with Crippen LogP contribution in [0.2, 0.25) is 0 Å². The number of sulfonamides is 1. The first-order chi connectivity index (χ1) is 8.49. The summed E-state index contributed by atoms with van der Waals surface area (Å²) >= 11 is 1.69. The van der Waals surface area contributed by atoms with Gasteiger partial charge in [0, 0.05) is 6.04 Å². The van der Waals surface area contributed by atoms with Crippen molar-refractivity contribution in [2.75, 3.05) is 12.0 Å². The zero-order valence-corrected chi connectivity index (χ0v) is 12.0. The van der Waals surface area contributed by atoms with Gasteiger partial charge in [-0.1, -0.05) is 0 Å². The number of nitrogens with zero attached hydrogens (tertiary/aromatic N) is 1. The molecule has 1 unspecified atom stereocenters. The van der Waals surface area contributed by atoms with E-state index in [2.05, 4.69) is 4.72 Å². The molecule has 0 saturated carbocycles. The van der Waals surface area contributed by atoms with Gasteiger partial charge in [-0.2, -0.15) is 17.0 Å². The van der Waals surface area contributed by atoms with E-state index in [4.69, 9.17) is 5.26 Å². The van der Waals surface area contributed by atoms with Crippen LogP contribution in [0.15, 0.2) is 29.2 Å². The number of hydrogen-bond donors (Lipinski definition) is 1. The Morgan fingerprint density at radius 2 is 2.00 bits per heavy atom. The van der Waals surface area contributed by atoms with Gasteiger partial charge >= 0.3 is 0 Å². The molecular weight excluding hydrogens is 268 g/mol. The molecule has 0 aliphatic rings. The second-order valence-electron chi connectivity index (χ2n) is 3.94. The summed E-state index contributed by atoms with van der Waals surface area (Å²) in [5.74, 6) is 0.914. The van der Waals surface area contributed by atoms with Gasteiger partial charge in [-0.25, -0.2) is 13.1 Å². The zero-order valence-electron chi connectivity index (χ0n) is 10.4. The predicted molar refractivity (Wildman–Crippen MR) is 73.9 cm³/mol. The number of nitrogens with one attached hydrogen (secondary N) is 1. The van der Waals surface area contributed by atoms with Crippen LogP contribution in [0.5, 0.6) is 0 Å². The second kappa shape index (κ2) is 6.78. The molecule has 18 heavy (non-hydrogen) atoms. The Morgan fingerprint density at radius 1 is 1.39 bits per heavy atom. The van der Waals surface area contributed by atoms with Gasteiger partial charge in [-0.05, 0) is 49.6 Å². The maximum atomic E-state index is 12.0. The minimum atomic E-state index is -3.48. The van der Waals surface area contributed by atoms with E-state index >= 15 is 0 Å². The van der Waals surface area contributed by atoms with Crippen LogP contribution in [0.3, 0.4) is 0 Å². The number of rotatable bonds is 6. The average molecular weight is 284 g/mol. The summed E-state index contributed by atoms with van der Waals surface area (Å²) in [5, 5.41) is 8.66. The molecule has 0 amide bonds. The van der Waals surface area contributed by atoms with E-state index in [1.807, 2.05) is 19.2 Å². The van der Waals surface area contributed by atoms with Gasteiger partial charge in [-0.3, -0.25) is 0 Å². The molecule has 0 aliphatic carbocycles. The number of thioether (sulfide) groups is 1. The monoisotopic (exact) mass is 284 g/mol. The van der Waals surface area contributed by atoms with Crippen molar-refractivity contribution < 1.29 is 8.42 Å². The van der Waals surface area contributed by atoms with Crippen molar-refractivity contribution in [3.05, 3.63) is 29.8 Å². The van der Waals surface area contributed by atoms with Gasteiger partial charge in [-0.15, -0.1) is 0 Å². The second-order valence-corrected chi connectivity index (χ2v) is 6.64. The first-order valence-electron chi connectivity index (χ1n) is 5.51. The fourth-order valence-corrected chi connectivity index (χ4v) is 3.26. The molecule has 6 heteroatoms. The summed E-state index contributed by atoms with van der Waals surface area (Å²) in [6.07, 6.45) is 2.78. The van der Waals surface area contributed by atoms with E-state index in [9.17, 15) is 8.42 Å². The lowest BCUT2D eigenvalue weighted by atomic mass is 10.2. The van der Waals surface area contributed by atoms with Crippen LogP contribution in [-0.2, 0) is 10.0 Å². The molecule has 0 aliphatic heterocycles. The van der Waals surface area contributed by atoms with E-state index in [1.54, 1.807) is 11.8 Å². The highest BCUT2D eigenvalue weighted by Gasteiger charge is 2.16. The maximum Gasteiger partial charge on any atom is 0.240 e. The van der Waals surface area contributed by atoms with E-state index in [-0.39, 0.29) is 10.9 Å². The summed E-state index contributed by atoms with van der Waals surface area (Å²) in [6.45, 7) is 1.84. The quantitative estimate of drug-likeness (QED) is 0.867. The van der Waals surface area contributed by atoms with Gasteiger partial charge in [0.15, 0.2) is 0 Å². The molecule has 0 aromatic heterocycles. The Bertz CT molecular complexity index is 518. The van der Waals surface area contributed by atoms with Crippen molar-refractivity contribution in [2.24, 2.45) is 0 Å². The normalized spacial score (nSPS) is 12.9. The number of benzene rings is 1. The van der Waals surface area contributed by atoms with Crippen molar-refractivity contribution in [1.29, 1.82) is 5.26 Å². The van der Waals surface area contributed by atoms with Gasteiger partial charge in [0.2, 0.25) is 10.0 Å². The first-order valence-corrected chi connectivity index (χ1v) is 8.38. The Morgan fingerprint density at radius 3 is 2.50 bits per heavy atom. The van der Waals surface area contributed by atoms with Crippen LogP contribution < -0.4 is 4.72 Å². The molecule has 0 fully saturated rings. The molecule has 98 valence electrons. The highest BCUT2D eigenvalue weighted by molar-refractivity contribution is 7.98. The topological polar surface area (TPSA) is 70.0 Å². The Hall–Kier alpha value is -1.03. The Kier molecular flexibility index (Phi) is 5.66. The highest BCUT2D eigenvalue weighted by Crippen LogP contribution is 2.11. The third kappa shape index (κ3) is 4.33. The van der Waals surface area contributed by atoms with Crippen molar-refractivity contribution >= 4 is 21.8 Å². The van der Waals surface area contributed by atoms with Crippen molar-refractivity contribution in [2.45, 2.75) is 24.3 Å². The summed E-state index contributed by atoms with van der Waals surface area (Å²) in [7, 11) is -3.48. The third-order valence-electron chi connectivity index (χ3n) is 2.41. The Labute approximate surface area is 112 Å². The van der Waals surface area contributed by atoms with E-state index in [0.717, 1.165) is 12.2 Å². The highest BCUT2D eigenvalue weighted by atomic mass is 32.2. The minimum absolute atomic E-state index is 0.0990. The third-order valence-corrected chi connectivity index (χ3v) is 4.65. The van der Waals surface area contributed by atoms with Gasteiger partial charge in [0.05, 0.1) is 16.5 Å². The molecular formula is C12H16N2O2S2. The van der Waals surface area contributed by atoms with E-state index < -0.39 is 10.0 Å². The summed E-state index contributed by atoms with van der Waals surface area (Å²) in [5.41, 5.74) is 0.449. The largest absolute Gasteiger partial charge is 0.240 e. The van der Waals surface area contributed by atoms with Crippen LogP contribution in [-0.4, -0.2) is 26.5 Å². The predicted octanol–water partition coefficient (Wildman–Crippen LogP) is 1.98. The summed E-state index contributed by atoms with van der Waals surface area (Å²) < 4.78 is 26.6. The van der Waals surface area contributed by atoms with Crippen molar-refractivity contribution in [3.63, 3.8) is 0 Å². The molecule has 0 heterocycles. The van der Waals surface area contributed by atoms with Gasteiger partial charge < -0.3 is 0 Å². The lowest BCUT2D eigenvalue weighted by Crippen LogP contribution is -2.32. The van der Waals surface area contributed by atoms with Crippen LogP contribution in [0.1, 0.15) is 18.9 Å². The molecule has 4 nitrogen and oxygen atoms in total. The Balaban J connectivity index is 2.76. The van der Waals surface area contributed by atoms with E-state index in [1.165, 1.54) is 24.3 Å². The molecule has 1 N–H and O–H groups in total. The summed E-state index contributed by atoms with van der Waals surface area (Å²) in [6, 6.07) is 7.75. The fourth-order valence-electron chi connectivity index (χ4n) is 1.40. The lowest BCUT2D eigenvalue weighted by molar-refractivity contribution is 0.557. The molecule has 1 atom stereocenters. The van der Waals surface area contributed by atoms with Crippen LogP contribution >= 0.6 is 11.8 Å². The SMILES string of the molecule is CSCCC(C)NS(=O)(=O)c1ccc(C#N)cc1. The lowest BCUT2D eigenvalue weighted by Gasteiger charge is -2.13. The molecule has 0 spiro atoms. The van der Waals surface area contributed by atoms with E-state index in [0.29, 0.717) is 5.56 Å².